The van der Waals surface area contributed by atoms with E-state index in [9.17, 15) is 18.0 Å². The van der Waals surface area contributed by atoms with Gasteiger partial charge in [0.2, 0.25) is 5.88 Å². The minimum absolute atomic E-state index is 0.0536. The van der Waals surface area contributed by atoms with Gasteiger partial charge in [0, 0.05) is 42.8 Å². The number of ether oxygens (including phenoxy) is 1. The number of hydrogen-bond acceptors (Lipinski definition) is 5. The molecule has 2 amide bonds. The van der Waals surface area contributed by atoms with Crippen molar-refractivity contribution in [2.45, 2.75) is 12.7 Å². The Morgan fingerprint density at radius 3 is 2.56 bits per heavy atom. The molecule has 0 atom stereocenters. The molecule has 10 heteroatoms. The van der Waals surface area contributed by atoms with E-state index in [1.165, 1.54) is 47.4 Å². The van der Waals surface area contributed by atoms with E-state index in [-0.39, 0.29) is 23.4 Å². The number of carbonyl (C=O) groups excluding carboxylic acids is 1. The summed E-state index contributed by atoms with van der Waals surface area (Å²) in [7, 11) is 3.01. The Hall–Kier alpha value is -4.21. The molecule has 1 aliphatic rings. The number of aromatic nitrogens is 3. The van der Waals surface area contributed by atoms with Gasteiger partial charge in [-0.2, -0.15) is 13.2 Å². The molecule has 7 nitrogen and oxygen atoms in total. The Kier molecular flexibility index (Phi) is 5.07. The normalized spacial score (nSPS) is 13.9. The van der Waals surface area contributed by atoms with E-state index >= 15 is 0 Å². The van der Waals surface area contributed by atoms with Gasteiger partial charge in [0.15, 0.2) is 0 Å². The van der Waals surface area contributed by atoms with E-state index in [0.717, 1.165) is 6.07 Å². The number of halogens is 3. The van der Waals surface area contributed by atoms with Crippen LogP contribution in [0.5, 0.6) is 5.88 Å². The van der Waals surface area contributed by atoms with Crippen molar-refractivity contribution in [2.75, 3.05) is 19.1 Å². The van der Waals surface area contributed by atoms with Crippen molar-refractivity contribution in [3.63, 3.8) is 0 Å². The van der Waals surface area contributed by atoms with Gasteiger partial charge in [-0.3, -0.25) is 14.9 Å². The Morgan fingerprint density at radius 2 is 1.85 bits per heavy atom. The van der Waals surface area contributed by atoms with Crippen LogP contribution in [0.4, 0.5) is 29.3 Å². The quantitative estimate of drug-likeness (QED) is 0.404. The van der Waals surface area contributed by atoms with Gasteiger partial charge < -0.3 is 9.64 Å². The highest BCUT2D eigenvalue weighted by molar-refractivity contribution is 6.08. The van der Waals surface area contributed by atoms with Crippen molar-refractivity contribution in [2.24, 2.45) is 0 Å². The van der Waals surface area contributed by atoms with Crippen molar-refractivity contribution in [1.29, 1.82) is 0 Å². The van der Waals surface area contributed by atoms with Gasteiger partial charge in [0.1, 0.15) is 5.52 Å². The molecule has 0 fully saturated rings. The van der Waals surface area contributed by atoms with Gasteiger partial charge in [0.05, 0.1) is 36.1 Å². The SMILES string of the molecule is COc1ccc(-c2ccc(N3C(=O)N(C)Cc4cnc5cccnc5c43)cc2C(F)(F)F)cn1. The van der Waals surface area contributed by atoms with Crippen LogP contribution < -0.4 is 9.64 Å². The Labute approximate surface area is 192 Å². The van der Waals surface area contributed by atoms with E-state index in [2.05, 4.69) is 15.0 Å². The summed E-state index contributed by atoms with van der Waals surface area (Å²) < 4.78 is 47.5. The van der Waals surface area contributed by atoms with Crippen molar-refractivity contribution in [3.8, 4) is 17.0 Å². The van der Waals surface area contributed by atoms with E-state index in [1.54, 1.807) is 31.6 Å². The predicted molar refractivity (Wildman–Crippen MR) is 120 cm³/mol. The Morgan fingerprint density at radius 1 is 1.03 bits per heavy atom. The number of amides is 2. The van der Waals surface area contributed by atoms with Crippen LogP contribution in [-0.2, 0) is 12.7 Å². The highest BCUT2D eigenvalue weighted by Crippen LogP contribution is 2.43. The van der Waals surface area contributed by atoms with Crippen LogP contribution in [-0.4, -0.2) is 40.0 Å². The van der Waals surface area contributed by atoms with Crippen LogP contribution in [0.15, 0.2) is 61.1 Å². The summed E-state index contributed by atoms with van der Waals surface area (Å²) in [6, 6.07) is 9.81. The first kappa shape index (κ1) is 21.6. The molecule has 1 aromatic carbocycles. The lowest BCUT2D eigenvalue weighted by Gasteiger charge is -2.35. The van der Waals surface area contributed by atoms with Crippen LogP contribution in [0.3, 0.4) is 0 Å². The maximum absolute atomic E-state index is 14.2. The number of fused-ring (bicyclic) bond motifs is 3. The summed E-state index contributed by atoms with van der Waals surface area (Å²) in [4.78, 5) is 28.7. The molecule has 172 valence electrons. The van der Waals surface area contributed by atoms with Gasteiger partial charge in [-0.25, -0.2) is 9.78 Å². The maximum Gasteiger partial charge on any atom is 0.417 e. The zero-order chi connectivity index (χ0) is 24.0. The number of urea groups is 1. The number of nitrogens with zero attached hydrogens (tertiary/aromatic N) is 5. The van der Waals surface area contributed by atoms with Crippen LogP contribution in [0, 0.1) is 0 Å². The molecule has 1 aliphatic heterocycles. The van der Waals surface area contributed by atoms with Crippen molar-refractivity contribution < 1.29 is 22.7 Å². The molecular weight excluding hydrogens is 447 g/mol. The largest absolute Gasteiger partial charge is 0.481 e. The fourth-order valence-corrected chi connectivity index (χ4v) is 4.06. The number of pyridine rings is 3. The molecule has 0 saturated carbocycles. The fraction of sp³-hybridized carbons (Fsp3) is 0.167. The smallest absolute Gasteiger partial charge is 0.417 e. The number of hydrogen-bond donors (Lipinski definition) is 0. The molecule has 34 heavy (non-hydrogen) atoms. The molecular formula is C24H18F3N5O2. The molecule has 4 aromatic rings. The molecule has 0 saturated heterocycles. The average molecular weight is 465 g/mol. The second-order valence-electron chi connectivity index (χ2n) is 7.79. The van der Waals surface area contributed by atoms with Crippen LogP contribution >= 0.6 is 0 Å². The first-order valence-electron chi connectivity index (χ1n) is 10.3. The van der Waals surface area contributed by atoms with Crippen molar-refractivity contribution in [1.82, 2.24) is 19.9 Å². The summed E-state index contributed by atoms with van der Waals surface area (Å²) >= 11 is 0. The minimum atomic E-state index is -4.67. The fourth-order valence-electron chi connectivity index (χ4n) is 4.06. The van der Waals surface area contributed by atoms with Crippen LogP contribution in [0.2, 0.25) is 0 Å². The Bertz CT molecular complexity index is 1410. The molecule has 0 N–H and O–H groups in total. The molecule has 3 aromatic heterocycles. The van der Waals surface area contributed by atoms with Gasteiger partial charge >= 0.3 is 12.2 Å². The van der Waals surface area contributed by atoms with Crippen LogP contribution in [0.1, 0.15) is 11.1 Å². The second-order valence-corrected chi connectivity index (χ2v) is 7.79. The molecule has 4 heterocycles. The molecule has 0 radical (unpaired) electrons. The standard InChI is InChI=1S/C24H18F3N5O2/c1-31-13-15-12-29-19-4-3-9-28-21(19)22(15)32(23(31)33)16-6-7-17(18(10-16)24(25,26)27)14-5-8-20(34-2)30-11-14/h3-12H,13H2,1-2H3. The first-order chi connectivity index (χ1) is 16.3. The van der Waals surface area contributed by atoms with E-state index in [4.69, 9.17) is 4.74 Å². The molecule has 0 unspecified atom stereocenters. The maximum atomic E-state index is 14.2. The van der Waals surface area contributed by atoms with Crippen LogP contribution in [0.25, 0.3) is 22.2 Å². The first-order valence-corrected chi connectivity index (χ1v) is 10.3. The van der Waals surface area contributed by atoms with Gasteiger partial charge in [-0.1, -0.05) is 6.07 Å². The van der Waals surface area contributed by atoms with Gasteiger partial charge in [0.25, 0.3) is 0 Å². The third kappa shape index (κ3) is 3.57. The lowest BCUT2D eigenvalue weighted by Crippen LogP contribution is -2.42. The summed E-state index contributed by atoms with van der Waals surface area (Å²) in [5.74, 6) is 0.292. The number of anilines is 2. The van der Waals surface area contributed by atoms with Crippen molar-refractivity contribution in [3.05, 3.63) is 72.2 Å². The van der Waals surface area contributed by atoms with Gasteiger partial charge in [-0.05, 0) is 35.9 Å². The van der Waals surface area contributed by atoms with E-state index in [1.807, 2.05) is 0 Å². The lowest BCUT2D eigenvalue weighted by molar-refractivity contribution is -0.137. The molecule has 0 spiro atoms. The zero-order valence-corrected chi connectivity index (χ0v) is 18.2. The highest BCUT2D eigenvalue weighted by Gasteiger charge is 2.37. The number of carbonyl (C=O) groups is 1. The highest BCUT2D eigenvalue weighted by atomic mass is 19.4. The topological polar surface area (TPSA) is 71.5 Å². The third-order valence-corrected chi connectivity index (χ3v) is 5.65. The third-order valence-electron chi connectivity index (χ3n) is 5.65. The second kappa shape index (κ2) is 7.98. The summed E-state index contributed by atoms with van der Waals surface area (Å²) in [5.41, 5.74) is 1.52. The molecule has 5 rings (SSSR count). The Balaban J connectivity index is 1.71. The number of rotatable bonds is 3. The average Bonchev–Trinajstić information content (AvgIpc) is 2.84. The van der Waals surface area contributed by atoms with E-state index < -0.39 is 17.8 Å². The number of benzene rings is 1. The predicted octanol–water partition coefficient (Wildman–Crippen LogP) is 5.42. The van der Waals surface area contributed by atoms with E-state index in [0.29, 0.717) is 28.2 Å². The molecule has 0 bridgehead atoms. The number of alkyl halides is 3. The summed E-state index contributed by atoms with van der Waals surface area (Å²) in [5, 5.41) is 0. The summed E-state index contributed by atoms with van der Waals surface area (Å²) in [6.45, 7) is 0.270. The van der Waals surface area contributed by atoms with Crippen molar-refractivity contribution >= 4 is 28.4 Å². The monoisotopic (exact) mass is 465 g/mol. The van der Waals surface area contributed by atoms with Gasteiger partial charge in [-0.15, -0.1) is 0 Å². The zero-order valence-electron chi connectivity index (χ0n) is 18.2. The lowest BCUT2D eigenvalue weighted by atomic mass is 9.99. The summed E-state index contributed by atoms with van der Waals surface area (Å²) in [6.07, 6.45) is -0.164. The molecule has 0 aliphatic carbocycles. The minimum Gasteiger partial charge on any atom is -0.481 e. The number of methoxy groups -OCH3 is 1.